The van der Waals surface area contributed by atoms with Crippen LogP contribution in [0.2, 0.25) is 0 Å². The van der Waals surface area contributed by atoms with E-state index >= 15 is 0 Å². The summed E-state index contributed by atoms with van der Waals surface area (Å²) in [5, 5.41) is 11.3. The summed E-state index contributed by atoms with van der Waals surface area (Å²) in [5.74, 6) is 0.337. The third-order valence-corrected chi connectivity index (χ3v) is 2.79. The van der Waals surface area contributed by atoms with Crippen LogP contribution >= 0.6 is 0 Å². The van der Waals surface area contributed by atoms with Gasteiger partial charge in [-0.05, 0) is 31.3 Å². The van der Waals surface area contributed by atoms with Gasteiger partial charge in [-0.25, -0.2) is 0 Å². The lowest BCUT2D eigenvalue weighted by Crippen LogP contribution is -2.25. The number of hydrogen-bond donors (Lipinski definition) is 2. The van der Waals surface area contributed by atoms with Gasteiger partial charge in [0.15, 0.2) is 0 Å². The fourth-order valence-corrected chi connectivity index (χ4v) is 1.95. The Morgan fingerprint density at radius 2 is 2.29 bits per heavy atom. The Hall–Kier alpha value is -0.770. The van der Waals surface area contributed by atoms with Crippen molar-refractivity contribution in [2.45, 2.75) is 33.1 Å². The normalized spacial score (nSPS) is 22.9. The molecule has 0 aromatic carbocycles. The number of rotatable bonds is 4. The molecule has 1 aliphatic heterocycles. The van der Waals surface area contributed by atoms with E-state index in [2.05, 4.69) is 23.9 Å². The topological polar surface area (TPSA) is 61.8 Å². The predicted molar refractivity (Wildman–Crippen MR) is 57.5 cm³/mol. The molecule has 0 amide bonds. The van der Waals surface area contributed by atoms with E-state index in [1.807, 2.05) is 0 Å². The van der Waals surface area contributed by atoms with Crippen LogP contribution in [0, 0.1) is 5.41 Å². The number of nitrogens with zero attached hydrogens (tertiary/aromatic N) is 2. The van der Waals surface area contributed by atoms with Crippen molar-refractivity contribution in [3.05, 3.63) is 0 Å². The first kappa shape index (κ1) is 11.3. The van der Waals surface area contributed by atoms with Crippen molar-refractivity contribution >= 4 is 5.84 Å². The van der Waals surface area contributed by atoms with Crippen LogP contribution in [0.4, 0.5) is 0 Å². The zero-order chi connectivity index (χ0) is 10.6. The van der Waals surface area contributed by atoms with Crippen LogP contribution in [-0.4, -0.2) is 35.6 Å². The van der Waals surface area contributed by atoms with Crippen molar-refractivity contribution in [3.63, 3.8) is 0 Å². The van der Waals surface area contributed by atoms with Gasteiger partial charge in [-0.1, -0.05) is 19.0 Å². The van der Waals surface area contributed by atoms with Gasteiger partial charge < -0.3 is 15.8 Å². The second-order valence-electron chi connectivity index (χ2n) is 4.89. The van der Waals surface area contributed by atoms with Crippen LogP contribution in [-0.2, 0) is 0 Å². The van der Waals surface area contributed by atoms with Crippen LogP contribution in [0.15, 0.2) is 5.16 Å². The summed E-state index contributed by atoms with van der Waals surface area (Å²) in [4.78, 5) is 2.45. The molecule has 0 aromatic rings. The standard InChI is InChI=1S/C10H21N3O/c1-10(2)5-7-13(8-10)6-3-4-9(11)12-14/h14H,3-8H2,1-2H3,(H2,11,12). The van der Waals surface area contributed by atoms with E-state index in [1.54, 1.807) is 0 Å². The summed E-state index contributed by atoms with van der Waals surface area (Å²) < 4.78 is 0. The quantitative estimate of drug-likeness (QED) is 0.310. The average Bonchev–Trinajstić information content (AvgIpc) is 2.45. The van der Waals surface area contributed by atoms with Gasteiger partial charge in [-0.15, -0.1) is 0 Å². The van der Waals surface area contributed by atoms with Gasteiger partial charge >= 0.3 is 0 Å². The van der Waals surface area contributed by atoms with Crippen LogP contribution < -0.4 is 5.73 Å². The van der Waals surface area contributed by atoms with E-state index in [-0.39, 0.29) is 0 Å². The van der Waals surface area contributed by atoms with Crippen LogP contribution in [0.5, 0.6) is 0 Å². The molecular weight excluding hydrogens is 178 g/mol. The van der Waals surface area contributed by atoms with E-state index in [9.17, 15) is 0 Å². The molecule has 0 bridgehead atoms. The van der Waals surface area contributed by atoms with Gasteiger partial charge in [0, 0.05) is 13.0 Å². The monoisotopic (exact) mass is 199 g/mol. The number of nitrogens with two attached hydrogens (primary N) is 1. The van der Waals surface area contributed by atoms with Crippen molar-refractivity contribution < 1.29 is 5.21 Å². The molecule has 82 valence electrons. The summed E-state index contributed by atoms with van der Waals surface area (Å²) in [6, 6.07) is 0. The first-order valence-electron chi connectivity index (χ1n) is 5.22. The molecular formula is C10H21N3O. The smallest absolute Gasteiger partial charge is 0.139 e. The molecule has 1 saturated heterocycles. The summed E-state index contributed by atoms with van der Waals surface area (Å²) in [6.45, 7) is 8.01. The molecule has 1 heterocycles. The lowest BCUT2D eigenvalue weighted by molar-refractivity contribution is 0.287. The van der Waals surface area contributed by atoms with Crippen molar-refractivity contribution in [2.24, 2.45) is 16.3 Å². The van der Waals surface area contributed by atoms with E-state index in [1.165, 1.54) is 19.5 Å². The third-order valence-electron chi connectivity index (χ3n) is 2.79. The maximum absolute atomic E-state index is 8.36. The SMILES string of the molecule is CC1(C)CCN(CCCC(N)=NO)C1. The zero-order valence-electron chi connectivity index (χ0n) is 9.16. The van der Waals surface area contributed by atoms with E-state index in [0.717, 1.165) is 13.0 Å². The van der Waals surface area contributed by atoms with Gasteiger partial charge in [0.25, 0.3) is 0 Å². The molecule has 0 unspecified atom stereocenters. The highest BCUT2D eigenvalue weighted by Crippen LogP contribution is 2.28. The van der Waals surface area contributed by atoms with Crippen LogP contribution in [0.25, 0.3) is 0 Å². The zero-order valence-corrected chi connectivity index (χ0v) is 9.16. The summed E-state index contributed by atoms with van der Waals surface area (Å²) in [7, 11) is 0. The minimum atomic E-state index is 0.337. The average molecular weight is 199 g/mol. The first-order chi connectivity index (χ1) is 6.53. The molecule has 4 nitrogen and oxygen atoms in total. The highest BCUT2D eigenvalue weighted by atomic mass is 16.4. The molecule has 4 heteroatoms. The molecule has 0 atom stereocenters. The summed E-state index contributed by atoms with van der Waals surface area (Å²) >= 11 is 0. The lowest BCUT2D eigenvalue weighted by atomic mass is 9.93. The Kier molecular flexibility index (Phi) is 3.75. The number of hydrogen-bond acceptors (Lipinski definition) is 3. The number of amidine groups is 1. The predicted octanol–water partition coefficient (Wildman–Crippen LogP) is 1.24. The molecule has 0 spiro atoms. The molecule has 14 heavy (non-hydrogen) atoms. The minimum absolute atomic E-state index is 0.337. The number of likely N-dealkylation sites (tertiary alicyclic amines) is 1. The maximum atomic E-state index is 8.36. The highest BCUT2D eigenvalue weighted by Gasteiger charge is 2.28. The molecule has 3 N–H and O–H groups in total. The van der Waals surface area contributed by atoms with E-state index in [4.69, 9.17) is 10.9 Å². The van der Waals surface area contributed by atoms with Crippen molar-refractivity contribution in [3.8, 4) is 0 Å². The molecule has 1 aliphatic rings. The van der Waals surface area contributed by atoms with E-state index < -0.39 is 0 Å². The molecule has 0 radical (unpaired) electrons. The largest absolute Gasteiger partial charge is 0.409 e. The van der Waals surface area contributed by atoms with Gasteiger partial charge in [0.05, 0.1) is 0 Å². The van der Waals surface area contributed by atoms with Crippen molar-refractivity contribution in [1.82, 2.24) is 4.90 Å². The second-order valence-corrected chi connectivity index (χ2v) is 4.89. The minimum Gasteiger partial charge on any atom is -0.409 e. The Bertz CT molecular complexity index is 213. The second kappa shape index (κ2) is 4.64. The third kappa shape index (κ3) is 3.54. The van der Waals surface area contributed by atoms with Gasteiger partial charge in [0.2, 0.25) is 0 Å². The van der Waals surface area contributed by atoms with Crippen molar-refractivity contribution in [1.29, 1.82) is 0 Å². The molecule has 0 aliphatic carbocycles. The Morgan fingerprint density at radius 3 is 2.79 bits per heavy atom. The summed E-state index contributed by atoms with van der Waals surface area (Å²) in [6.07, 6.45) is 2.94. The lowest BCUT2D eigenvalue weighted by Gasteiger charge is -2.19. The van der Waals surface area contributed by atoms with Gasteiger partial charge in [-0.3, -0.25) is 0 Å². The highest BCUT2D eigenvalue weighted by molar-refractivity contribution is 5.79. The fourth-order valence-electron chi connectivity index (χ4n) is 1.95. The molecule has 0 saturated carbocycles. The van der Waals surface area contributed by atoms with Crippen LogP contribution in [0.3, 0.4) is 0 Å². The maximum Gasteiger partial charge on any atom is 0.139 e. The first-order valence-corrected chi connectivity index (χ1v) is 5.22. The molecule has 1 fully saturated rings. The van der Waals surface area contributed by atoms with Gasteiger partial charge in [0.1, 0.15) is 5.84 Å². The Morgan fingerprint density at radius 1 is 1.57 bits per heavy atom. The Balaban J connectivity index is 2.15. The van der Waals surface area contributed by atoms with E-state index in [0.29, 0.717) is 17.7 Å². The molecule has 0 aromatic heterocycles. The van der Waals surface area contributed by atoms with Crippen LogP contribution in [0.1, 0.15) is 33.1 Å². The fraction of sp³-hybridized carbons (Fsp3) is 0.900. The summed E-state index contributed by atoms with van der Waals surface area (Å²) in [5.41, 5.74) is 5.86. The Labute approximate surface area is 85.8 Å². The van der Waals surface area contributed by atoms with Gasteiger partial charge in [-0.2, -0.15) is 0 Å². The van der Waals surface area contributed by atoms with Crippen molar-refractivity contribution in [2.75, 3.05) is 19.6 Å². The number of oxime groups is 1. The molecule has 1 rings (SSSR count).